The summed E-state index contributed by atoms with van der Waals surface area (Å²) in [5.41, 5.74) is 0.0634. The van der Waals surface area contributed by atoms with Crippen LogP contribution >= 0.6 is 11.6 Å². The summed E-state index contributed by atoms with van der Waals surface area (Å²) in [5.74, 6) is -0.748. The van der Waals surface area contributed by atoms with E-state index in [-0.39, 0.29) is 57.0 Å². The van der Waals surface area contributed by atoms with Gasteiger partial charge >= 0.3 is 5.97 Å². The molecule has 0 saturated heterocycles. The third kappa shape index (κ3) is 2.52. The lowest BCUT2D eigenvalue weighted by atomic mass is 9.33. The van der Waals surface area contributed by atoms with Gasteiger partial charge in [0.2, 0.25) is 0 Å². The second-order valence-corrected chi connectivity index (χ2v) is 12.1. The first-order chi connectivity index (χ1) is 14.5. The molecule has 168 valence electrons. The van der Waals surface area contributed by atoms with E-state index in [1.54, 1.807) is 0 Å². The number of halogens is 1. The minimum Gasteiger partial charge on any atom is -0.481 e. The summed E-state index contributed by atoms with van der Waals surface area (Å²) >= 11 is 6.30. The third-order valence-corrected chi connectivity index (χ3v) is 10.6. The second kappa shape index (κ2) is 6.56. The molecule has 0 aromatic rings. The number of allylic oxidation sites excluding steroid dienone is 4. The van der Waals surface area contributed by atoms with Crippen LogP contribution in [-0.4, -0.2) is 22.6 Å². The molecule has 2 bridgehead atoms. The first-order valence-electron chi connectivity index (χ1n) is 11.9. The van der Waals surface area contributed by atoms with Crippen LogP contribution in [0.1, 0.15) is 66.2 Å². The summed E-state index contributed by atoms with van der Waals surface area (Å²) in [6.07, 6.45) is 8.80. The van der Waals surface area contributed by atoms with Crippen molar-refractivity contribution in [3.63, 3.8) is 0 Å². The van der Waals surface area contributed by atoms with E-state index >= 15 is 0 Å². The Kier molecular flexibility index (Phi) is 4.53. The molecule has 4 nitrogen and oxygen atoms in total. The van der Waals surface area contributed by atoms with Crippen LogP contribution in [0.2, 0.25) is 0 Å². The number of carbonyl (C=O) groups is 3. The summed E-state index contributed by atoms with van der Waals surface area (Å²) in [6.45, 7) is 8.58. The highest BCUT2D eigenvalue weighted by atomic mass is 35.5. The molecule has 0 radical (unpaired) electrons. The number of fused-ring (bicyclic) bond motifs is 1. The largest absolute Gasteiger partial charge is 0.481 e. The maximum atomic E-state index is 13.4. The Balaban J connectivity index is 1.69. The number of carbonyl (C=O) groups excluding carboxylic acids is 2. The van der Waals surface area contributed by atoms with Crippen molar-refractivity contribution < 1.29 is 19.5 Å². The van der Waals surface area contributed by atoms with Gasteiger partial charge in [-0.1, -0.05) is 50.4 Å². The molecule has 5 heteroatoms. The quantitative estimate of drug-likeness (QED) is 0.578. The summed E-state index contributed by atoms with van der Waals surface area (Å²) in [5, 5.41) is 10.2. The molecule has 6 rings (SSSR count). The number of hydrogen-bond acceptors (Lipinski definition) is 3. The van der Waals surface area contributed by atoms with E-state index in [0.29, 0.717) is 5.92 Å². The molecular weight excluding hydrogens is 412 g/mol. The van der Waals surface area contributed by atoms with Gasteiger partial charge in [-0.15, -0.1) is 0 Å². The number of Topliss-reactive ketones (excluding diaryl/α,β-unsaturated/α-hetero) is 1. The maximum Gasteiger partial charge on any atom is 0.309 e. The number of ketones is 2. The molecule has 3 saturated carbocycles. The Labute approximate surface area is 189 Å². The van der Waals surface area contributed by atoms with Gasteiger partial charge in [-0.25, -0.2) is 0 Å². The van der Waals surface area contributed by atoms with Crippen molar-refractivity contribution in [2.75, 3.05) is 0 Å². The lowest BCUT2D eigenvalue weighted by Crippen LogP contribution is -2.67. The molecular formula is C26H33ClO4. The number of carboxylic acids is 1. The average Bonchev–Trinajstić information content (AvgIpc) is 2.70. The smallest absolute Gasteiger partial charge is 0.309 e. The van der Waals surface area contributed by atoms with Crippen LogP contribution in [0.4, 0.5) is 0 Å². The number of aliphatic carboxylic acids is 1. The van der Waals surface area contributed by atoms with Gasteiger partial charge in [-0.05, 0) is 68.1 Å². The Morgan fingerprint density at radius 2 is 1.87 bits per heavy atom. The van der Waals surface area contributed by atoms with Crippen LogP contribution < -0.4 is 0 Å². The molecule has 3 fully saturated rings. The minimum absolute atomic E-state index is 0.00923. The van der Waals surface area contributed by atoms with Gasteiger partial charge in [0.25, 0.3) is 0 Å². The molecule has 0 amide bonds. The van der Waals surface area contributed by atoms with Gasteiger partial charge in [-0.2, -0.15) is 0 Å². The summed E-state index contributed by atoms with van der Waals surface area (Å²) in [7, 11) is 0. The normalized spacial score (nSPS) is 48.5. The van der Waals surface area contributed by atoms with Crippen LogP contribution in [-0.2, 0) is 14.4 Å². The monoisotopic (exact) mass is 444 g/mol. The van der Waals surface area contributed by atoms with E-state index in [1.807, 2.05) is 6.92 Å². The zero-order valence-electron chi connectivity index (χ0n) is 18.9. The fourth-order valence-electron chi connectivity index (χ4n) is 9.07. The van der Waals surface area contributed by atoms with Crippen molar-refractivity contribution in [3.05, 3.63) is 22.8 Å². The topological polar surface area (TPSA) is 71.4 Å². The average molecular weight is 445 g/mol. The lowest BCUT2D eigenvalue weighted by Gasteiger charge is -2.69. The van der Waals surface area contributed by atoms with Gasteiger partial charge in [0.1, 0.15) is 0 Å². The molecule has 31 heavy (non-hydrogen) atoms. The van der Waals surface area contributed by atoms with E-state index in [4.69, 9.17) is 11.6 Å². The van der Waals surface area contributed by atoms with E-state index in [2.05, 4.69) is 26.8 Å². The zero-order chi connectivity index (χ0) is 22.5. The predicted octanol–water partition coefficient (Wildman–Crippen LogP) is 5.40. The van der Waals surface area contributed by atoms with Gasteiger partial charge in [-0.3, -0.25) is 14.4 Å². The van der Waals surface area contributed by atoms with Crippen LogP contribution in [0.25, 0.3) is 0 Å². The standard InChI is InChI=1S/C26H33ClO4/c1-13(2)15-12-26-9-6-18-24(3,7-5-8-25(18,4)23(30)31)19(26)10-14(15)20-17(28)11-16(27)22(29)21(20)26/h11-14,18-21H,5-10H2,1-4H3,(H,30,31)/t14?,18?,19?,20?,21?,24-,25+,26?/m0/s1. The molecule has 1 N–H and O–H groups in total. The van der Waals surface area contributed by atoms with Gasteiger partial charge in [0, 0.05) is 23.3 Å². The molecule has 1 spiro atoms. The number of carboxylic acid groups (broad SMARTS) is 1. The lowest BCUT2D eigenvalue weighted by molar-refractivity contribution is -0.197. The third-order valence-electron chi connectivity index (χ3n) is 10.3. The second-order valence-electron chi connectivity index (χ2n) is 11.7. The van der Waals surface area contributed by atoms with Crippen molar-refractivity contribution in [2.24, 2.45) is 51.8 Å². The zero-order valence-corrected chi connectivity index (χ0v) is 19.7. The highest BCUT2D eigenvalue weighted by molar-refractivity contribution is 6.45. The fraction of sp³-hybridized carbons (Fsp3) is 0.731. The Hall–Kier alpha value is -1.42. The van der Waals surface area contributed by atoms with E-state index in [9.17, 15) is 19.5 Å². The van der Waals surface area contributed by atoms with Crippen molar-refractivity contribution in [3.8, 4) is 0 Å². The van der Waals surface area contributed by atoms with Crippen LogP contribution in [0.15, 0.2) is 22.8 Å². The van der Waals surface area contributed by atoms with Gasteiger partial charge < -0.3 is 5.11 Å². The van der Waals surface area contributed by atoms with Crippen molar-refractivity contribution in [2.45, 2.75) is 66.2 Å². The number of rotatable bonds is 2. The molecule has 0 aromatic heterocycles. The molecule has 8 atom stereocenters. The van der Waals surface area contributed by atoms with Crippen LogP contribution in [0.3, 0.4) is 0 Å². The van der Waals surface area contributed by atoms with Gasteiger partial charge in [0.05, 0.1) is 10.4 Å². The first-order valence-corrected chi connectivity index (χ1v) is 12.3. The molecule has 0 aromatic carbocycles. The molecule has 6 aliphatic carbocycles. The fourth-order valence-corrected chi connectivity index (χ4v) is 9.30. The van der Waals surface area contributed by atoms with Crippen molar-refractivity contribution >= 4 is 29.1 Å². The Bertz CT molecular complexity index is 947. The van der Waals surface area contributed by atoms with Crippen molar-refractivity contribution in [1.29, 1.82) is 0 Å². The SMILES string of the molecule is CC(C)C1=CC23CCC4[C@](C)(CCC[C@@]4(C)C(=O)O)C2CC1C1C(=O)C=C(Cl)C(=O)C13. The number of hydrogen-bond donors (Lipinski definition) is 1. The summed E-state index contributed by atoms with van der Waals surface area (Å²) in [4.78, 5) is 39.0. The summed E-state index contributed by atoms with van der Waals surface area (Å²) in [6, 6.07) is 0. The molecule has 6 aliphatic rings. The maximum absolute atomic E-state index is 13.4. The minimum atomic E-state index is -0.723. The molecule has 0 aliphatic heterocycles. The van der Waals surface area contributed by atoms with E-state index in [0.717, 1.165) is 38.5 Å². The highest BCUT2D eigenvalue weighted by Crippen LogP contribution is 2.74. The molecule has 0 heterocycles. The van der Waals surface area contributed by atoms with E-state index < -0.39 is 11.4 Å². The Morgan fingerprint density at radius 1 is 1.16 bits per heavy atom. The molecule has 6 unspecified atom stereocenters. The Morgan fingerprint density at radius 3 is 2.52 bits per heavy atom. The van der Waals surface area contributed by atoms with Crippen molar-refractivity contribution in [1.82, 2.24) is 0 Å². The van der Waals surface area contributed by atoms with Crippen LogP contribution in [0, 0.1) is 51.8 Å². The first kappa shape index (κ1) is 21.4. The highest BCUT2D eigenvalue weighted by Gasteiger charge is 2.71. The van der Waals surface area contributed by atoms with E-state index in [1.165, 1.54) is 11.6 Å². The van der Waals surface area contributed by atoms with Gasteiger partial charge in [0.15, 0.2) is 11.6 Å². The van der Waals surface area contributed by atoms with Crippen LogP contribution in [0.5, 0.6) is 0 Å². The summed E-state index contributed by atoms with van der Waals surface area (Å²) < 4.78 is 0. The predicted molar refractivity (Wildman–Crippen MR) is 118 cm³/mol.